The molecule has 0 unspecified atom stereocenters. The van der Waals surface area contributed by atoms with Gasteiger partial charge in [-0.3, -0.25) is 14.8 Å². The molecule has 3 aromatic rings. The summed E-state index contributed by atoms with van der Waals surface area (Å²) >= 11 is 0. The first-order valence-electron chi connectivity index (χ1n) is 7.89. The van der Waals surface area contributed by atoms with Crippen LogP contribution in [0.3, 0.4) is 0 Å². The number of aryl methyl sites for hydroxylation is 1. The van der Waals surface area contributed by atoms with E-state index in [9.17, 15) is 4.79 Å². The van der Waals surface area contributed by atoms with E-state index < -0.39 is 0 Å². The van der Waals surface area contributed by atoms with Gasteiger partial charge in [-0.15, -0.1) is 5.10 Å². The Hall–Kier alpha value is -3.16. The second-order valence-electron chi connectivity index (χ2n) is 5.84. The maximum Gasteiger partial charge on any atom is 0.322 e. The molecule has 0 aliphatic rings. The number of anilines is 1. The number of nitrogens with zero attached hydrogens (tertiary/aromatic N) is 4. The zero-order valence-electron chi connectivity index (χ0n) is 14.3. The molecule has 0 spiro atoms. The van der Waals surface area contributed by atoms with E-state index in [0.29, 0.717) is 11.4 Å². The third kappa shape index (κ3) is 4.23. The maximum atomic E-state index is 11.9. The van der Waals surface area contributed by atoms with Gasteiger partial charge in [0, 0.05) is 12.2 Å². The smallest absolute Gasteiger partial charge is 0.322 e. The third-order valence-corrected chi connectivity index (χ3v) is 3.39. The molecule has 0 radical (unpaired) electrons. The van der Waals surface area contributed by atoms with E-state index in [1.165, 1.54) is 0 Å². The van der Waals surface area contributed by atoms with Crippen molar-refractivity contribution in [1.29, 1.82) is 0 Å². The number of hydrogen-bond acceptors (Lipinski definition) is 6. The molecule has 25 heavy (non-hydrogen) atoms. The van der Waals surface area contributed by atoms with Crippen LogP contribution in [0.25, 0.3) is 11.6 Å². The van der Waals surface area contributed by atoms with Crippen molar-refractivity contribution >= 4 is 11.9 Å². The highest BCUT2D eigenvalue weighted by Crippen LogP contribution is 2.19. The fourth-order valence-corrected chi connectivity index (χ4v) is 2.13. The molecule has 3 rings (SSSR count). The fraction of sp³-hybridized carbons (Fsp3) is 0.294. The minimum Gasteiger partial charge on any atom is -0.484 e. The molecule has 8 heteroatoms. The molecule has 1 amide bonds. The zero-order valence-corrected chi connectivity index (χ0v) is 14.3. The van der Waals surface area contributed by atoms with Crippen molar-refractivity contribution in [1.82, 2.24) is 20.0 Å². The molecule has 0 saturated heterocycles. The van der Waals surface area contributed by atoms with Gasteiger partial charge >= 0.3 is 6.01 Å². The number of amides is 1. The van der Waals surface area contributed by atoms with Crippen LogP contribution < -0.4 is 10.1 Å². The van der Waals surface area contributed by atoms with Gasteiger partial charge in [-0.1, -0.05) is 17.2 Å². The Labute approximate surface area is 144 Å². The Bertz CT molecular complexity index is 869. The second-order valence-corrected chi connectivity index (χ2v) is 5.84. The Balaban J connectivity index is 1.58. The van der Waals surface area contributed by atoms with Crippen LogP contribution in [0.5, 0.6) is 5.75 Å². The first-order valence-corrected chi connectivity index (χ1v) is 7.89. The number of nitrogens with one attached hydrogen (secondary N) is 1. The lowest BCUT2D eigenvalue weighted by atomic mass is 10.2. The summed E-state index contributed by atoms with van der Waals surface area (Å²) in [6.45, 7) is 5.84. The van der Waals surface area contributed by atoms with Crippen molar-refractivity contribution in [3.05, 3.63) is 42.1 Å². The van der Waals surface area contributed by atoms with Crippen LogP contribution in [0.2, 0.25) is 0 Å². The number of carbonyl (C=O) groups is 1. The van der Waals surface area contributed by atoms with Crippen molar-refractivity contribution in [3.8, 4) is 17.3 Å². The van der Waals surface area contributed by atoms with Gasteiger partial charge in [-0.2, -0.15) is 5.10 Å². The predicted molar refractivity (Wildman–Crippen MR) is 91.2 cm³/mol. The molecule has 0 aliphatic heterocycles. The van der Waals surface area contributed by atoms with Crippen molar-refractivity contribution in [2.24, 2.45) is 0 Å². The topological polar surface area (TPSA) is 95.1 Å². The van der Waals surface area contributed by atoms with Crippen LogP contribution in [-0.4, -0.2) is 32.5 Å². The van der Waals surface area contributed by atoms with Gasteiger partial charge in [-0.05, 0) is 44.5 Å². The summed E-state index contributed by atoms with van der Waals surface area (Å²) in [5.74, 6) is 0.485. The minimum atomic E-state index is -0.385. The first-order chi connectivity index (χ1) is 12.0. The number of ether oxygens (including phenoxy) is 1. The molecule has 130 valence electrons. The normalized spacial score (nSPS) is 10.9. The summed E-state index contributed by atoms with van der Waals surface area (Å²) < 4.78 is 12.6. The van der Waals surface area contributed by atoms with Gasteiger partial charge in [0.1, 0.15) is 11.4 Å². The van der Waals surface area contributed by atoms with E-state index in [-0.39, 0.29) is 30.5 Å². The van der Waals surface area contributed by atoms with E-state index in [1.807, 2.05) is 45.2 Å². The second kappa shape index (κ2) is 7.16. The monoisotopic (exact) mass is 341 g/mol. The van der Waals surface area contributed by atoms with Crippen LogP contribution in [0, 0.1) is 6.92 Å². The first kappa shape index (κ1) is 16.7. The van der Waals surface area contributed by atoms with Gasteiger partial charge in [0.15, 0.2) is 6.61 Å². The third-order valence-electron chi connectivity index (χ3n) is 3.39. The van der Waals surface area contributed by atoms with Crippen molar-refractivity contribution in [3.63, 3.8) is 0 Å². The van der Waals surface area contributed by atoms with Crippen LogP contribution in [0.15, 0.2) is 40.9 Å². The Morgan fingerprint density at radius 1 is 1.32 bits per heavy atom. The maximum absolute atomic E-state index is 11.9. The zero-order chi connectivity index (χ0) is 17.8. The lowest BCUT2D eigenvalue weighted by Gasteiger charge is -2.05. The summed E-state index contributed by atoms with van der Waals surface area (Å²) in [5.41, 5.74) is 1.61. The average molecular weight is 341 g/mol. The van der Waals surface area contributed by atoms with E-state index in [1.54, 1.807) is 16.8 Å². The van der Waals surface area contributed by atoms with Gasteiger partial charge in [0.25, 0.3) is 11.8 Å². The van der Waals surface area contributed by atoms with Crippen LogP contribution in [0.1, 0.15) is 25.5 Å². The average Bonchev–Trinajstić information content (AvgIpc) is 3.22. The van der Waals surface area contributed by atoms with Crippen molar-refractivity contribution in [2.45, 2.75) is 26.8 Å². The Kier molecular flexibility index (Phi) is 4.78. The van der Waals surface area contributed by atoms with Gasteiger partial charge in [0.05, 0.1) is 0 Å². The lowest BCUT2D eigenvalue weighted by Crippen LogP contribution is -2.20. The molecule has 0 fully saturated rings. The number of carbonyl (C=O) groups excluding carboxylic acids is 1. The molecular weight excluding hydrogens is 322 g/mol. The van der Waals surface area contributed by atoms with Crippen LogP contribution in [0.4, 0.5) is 6.01 Å². The Morgan fingerprint density at radius 3 is 2.88 bits per heavy atom. The minimum absolute atomic E-state index is 0.00643. The van der Waals surface area contributed by atoms with Gasteiger partial charge in [0.2, 0.25) is 0 Å². The molecule has 0 aliphatic carbocycles. The van der Waals surface area contributed by atoms with Crippen molar-refractivity contribution < 1.29 is 13.9 Å². The quantitative estimate of drug-likeness (QED) is 0.741. The summed E-state index contributed by atoms with van der Waals surface area (Å²) in [4.78, 5) is 11.9. The highest BCUT2D eigenvalue weighted by molar-refractivity contribution is 5.89. The molecule has 0 bridgehead atoms. The largest absolute Gasteiger partial charge is 0.484 e. The molecule has 1 N–H and O–H groups in total. The van der Waals surface area contributed by atoms with E-state index in [2.05, 4.69) is 20.6 Å². The molecular formula is C17H19N5O3. The highest BCUT2D eigenvalue weighted by atomic mass is 16.5. The van der Waals surface area contributed by atoms with Crippen LogP contribution >= 0.6 is 0 Å². The number of hydrogen-bond donors (Lipinski definition) is 1. The van der Waals surface area contributed by atoms with Gasteiger partial charge in [-0.25, -0.2) is 0 Å². The van der Waals surface area contributed by atoms with Crippen molar-refractivity contribution in [2.75, 3.05) is 11.9 Å². The molecule has 1 aromatic carbocycles. The number of aromatic nitrogens is 4. The van der Waals surface area contributed by atoms with E-state index >= 15 is 0 Å². The van der Waals surface area contributed by atoms with Gasteiger partial charge < -0.3 is 9.15 Å². The summed E-state index contributed by atoms with van der Waals surface area (Å²) in [5, 5.41) is 14.5. The Morgan fingerprint density at radius 2 is 2.16 bits per heavy atom. The lowest BCUT2D eigenvalue weighted by molar-refractivity contribution is -0.118. The molecule has 2 heterocycles. The predicted octanol–water partition coefficient (Wildman–Crippen LogP) is 2.84. The van der Waals surface area contributed by atoms with E-state index in [0.717, 1.165) is 5.56 Å². The van der Waals surface area contributed by atoms with E-state index in [4.69, 9.17) is 9.15 Å². The number of rotatable bonds is 6. The standard InChI is InChI=1S/C17H19N5O3/c1-11(2)22-8-7-14(21-22)16-19-20-17(25-16)18-15(23)10-24-13-6-4-5-12(3)9-13/h4-9,11H,10H2,1-3H3,(H,18,20,23). The fourth-order valence-electron chi connectivity index (χ4n) is 2.13. The molecule has 8 nitrogen and oxygen atoms in total. The SMILES string of the molecule is Cc1cccc(OCC(=O)Nc2nnc(-c3ccn(C(C)C)n3)o2)c1. The molecule has 0 saturated carbocycles. The highest BCUT2D eigenvalue weighted by Gasteiger charge is 2.14. The summed E-state index contributed by atoms with van der Waals surface area (Å²) in [6, 6.07) is 9.47. The number of benzene rings is 1. The molecule has 0 atom stereocenters. The summed E-state index contributed by atoms with van der Waals surface area (Å²) in [6.07, 6.45) is 1.83. The summed E-state index contributed by atoms with van der Waals surface area (Å²) in [7, 11) is 0. The molecule has 2 aromatic heterocycles. The van der Waals surface area contributed by atoms with Crippen LogP contribution in [-0.2, 0) is 4.79 Å².